The van der Waals surface area contributed by atoms with Crippen LogP contribution in [0.25, 0.3) is 5.65 Å². The number of aldehydes is 1. The van der Waals surface area contributed by atoms with Gasteiger partial charge in [0, 0.05) is 0 Å². The normalized spacial score (nSPS) is 10.4. The van der Waals surface area contributed by atoms with E-state index in [9.17, 15) is 4.79 Å². The van der Waals surface area contributed by atoms with Crippen LogP contribution in [0.4, 0.5) is 0 Å². The third-order valence-electron chi connectivity index (χ3n) is 1.53. The van der Waals surface area contributed by atoms with Gasteiger partial charge in [-0.1, -0.05) is 11.6 Å². The molecular weight excluding hydrogens is 178 g/mol. The zero-order chi connectivity index (χ0) is 8.55. The molecule has 0 saturated carbocycles. The quantitative estimate of drug-likeness (QED) is 0.621. The number of hydrogen-bond acceptors (Lipinski definition) is 3. The molecular formula is C7H4ClN3O. The topological polar surface area (TPSA) is 47.3 Å². The fourth-order valence-electron chi connectivity index (χ4n) is 0.982. The minimum atomic E-state index is 0.436. The average Bonchev–Trinajstić information content (AvgIpc) is 2.49. The van der Waals surface area contributed by atoms with Crippen molar-refractivity contribution in [1.29, 1.82) is 0 Å². The Bertz CT molecular complexity index is 437. The zero-order valence-electron chi connectivity index (χ0n) is 5.94. The van der Waals surface area contributed by atoms with Crippen molar-refractivity contribution in [3.63, 3.8) is 0 Å². The van der Waals surface area contributed by atoms with Gasteiger partial charge < -0.3 is 0 Å². The van der Waals surface area contributed by atoms with E-state index >= 15 is 0 Å². The van der Waals surface area contributed by atoms with E-state index in [1.165, 1.54) is 23.1 Å². The van der Waals surface area contributed by atoms with Crippen LogP contribution in [0.15, 0.2) is 18.7 Å². The molecule has 0 atom stereocenters. The van der Waals surface area contributed by atoms with E-state index in [4.69, 9.17) is 11.6 Å². The number of carbonyl (C=O) groups is 1. The van der Waals surface area contributed by atoms with Crippen molar-refractivity contribution >= 4 is 23.5 Å². The Morgan fingerprint density at radius 2 is 2.33 bits per heavy atom. The van der Waals surface area contributed by atoms with Crippen LogP contribution in [0, 0.1) is 0 Å². The van der Waals surface area contributed by atoms with E-state index in [-0.39, 0.29) is 0 Å². The first-order valence-electron chi connectivity index (χ1n) is 3.24. The Morgan fingerprint density at radius 1 is 1.50 bits per heavy atom. The molecule has 0 aromatic carbocycles. The molecule has 0 radical (unpaired) electrons. The van der Waals surface area contributed by atoms with E-state index in [0.717, 1.165) is 0 Å². The molecule has 2 aromatic heterocycles. The molecule has 0 amide bonds. The second kappa shape index (κ2) is 2.57. The highest BCUT2D eigenvalue weighted by atomic mass is 35.5. The number of aromatic nitrogens is 3. The van der Waals surface area contributed by atoms with Crippen molar-refractivity contribution in [3.05, 3.63) is 29.4 Å². The van der Waals surface area contributed by atoms with Crippen LogP contribution in [0.5, 0.6) is 0 Å². The number of nitrogens with zero attached hydrogens (tertiary/aromatic N) is 3. The molecule has 2 aromatic rings. The van der Waals surface area contributed by atoms with Gasteiger partial charge in [-0.3, -0.25) is 9.20 Å². The van der Waals surface area contributed by atoms with Crippen molar-refractivity contribution in [2.45, 2.75) is 0 Å². The number of carbonyl (C=O) groups excluding carboxylic acids is 1. The monoisotopic (exact) mass is 181 g/mol. The van der Waals surface area contributed by atoms with Crippen molar-refractivity contribution in [2.75, 3.05) is 0 Å². The highest BCUT2D eigenvalue weighted by Gasteiger charge is 2.04. The van der Waals surface area contributed by atoms with Gasteiger partial charge >= 0.3 is 0 Å². The number of imidazole rings is 1. The molecule has 0 N–H and O–H groups in total. The maximum atomic E-state index is 10.5. The summed E-state index contributed by atoms with van der Waals surface area (Å²) in [6.45, 7) is 0. The van der Waals surface area contributed by atoms with Gasteiger partial charge in [-0.15, -0.1) is 0 Å². The van der Waals surface area contributed by atoms with Gasteiger partial charge in [-0.25, -0.2) is 9.97 Å². The molecule has 0 aliphatic heterocycles. The zero-order valence-corrected chi connectivity index (χ0v) is 6.69. The predicted octanol–water partition coefficient (Wildman–Crippen LogP) is 1.20. The van der Waals surface area contributed by atoms with E-state index < -0.39 is 0 Å². The fourth-order valence-corrected chi connectivity index (χ4v) is 1.18. The Hall–Kier alpha value is -1.42. The lowest BCUT2D eigenvalue weighted by Gasteiger charge is -1.94. The number of rotatable bonds is 1. The molecule has 60 valence electrons. The fraction of sp³-hybridized carbons (Fsp3) is 0. The maximum Gasteiger partial charge on any atom is 0.168 e. The van der Waals surface area contributed by atoms with E-state index in [1.54, 1.807) is 0 Å². The molecule has 12 heavy (non-hydrogen) atoms. The molecule has 4 nitrogen and oxygen atoms in total. The summed E-state index contributed by atoms with van der Waals surface area (Å²) in [5.41, 5.74) is 0.994. The largest absolute Gasteiger partial charge is 0.296 e. The molecule has 2 heterocycles. The van der Waals surface area contributed by atoms with E-state index in [0.29, 0.717) is 22.6 Å². The van der Waals surface area contributed by atoms with E-state index in [1.807, 2.05) is 0 Å². The summed E-state index contributed by atoms with van der Waals surface area (Å²) < 4.78 is 1.54. The van der Waals surface area contributed by atoms with Crippen molar-refractivity contribution in [1.82, 2.24) is 14.4 Å². The second-order valence-electron chi connectivity index (χ2n) is 2.24. The maximum absolute atomic E-state index is 10.5. The summed E-state index contributed by atoms with van der Waals surface area (Å²) >= 11 is 5.77. The van der Waals surface area contributed by atoms with Crippen molar-refractivity contribution < 1.29 is 4.79 Å². The van der Waals surface area contributed by atoms with Gasteiger partial charge in [0.05, 0.1) is 12.4 Å². The summed E-state index contributed by atoms with van der Waals surface area (Å²) in [6, 6.07) is 0. The minimum absolute atomic E-state index is 0.436. The number of fused-ring (bicyclic) bond motifs is 1. The average molecular weight is 182 g/mol. The lowest BCUT2D eigenvalue weighted by atomic mass is 10.5. The Morgan fingerprint density at radius 3 is 3.08 bits per heavy atom. The van der Waals surface area contributed by atoms with Crippen molar-refractivity contribution in [2.24, 2.45) is 0 Å². The molecule has 0 aliphatic rings. The smallest absolute Gasteiger partial charge is 0.168 e. The first-order valence-corrected chi connectivity index (χ1v) is 3.62. The van der Waals surface area contributed by atoms with Crippen LogP contribution in [-0.4, -0.2) is 20.7 Å². The molecule has 0 aliphatic carbocycles. The Labute approximate surface area is 72.8 Å². The first kappa shape index (κ1) is 7.24. The SMILES string of the molecule is O=Cc1cnc2c(Cl)cncn12. The van der Waals surface area contributed by atoms with E-state index in [2.05, 4.69) is 9.97 Å². The van der Waals surface area contributed by atoms with Crippen LogP contribution in [-0.2, 0) is 0 Å². The number of halogens is 1. The third kappa shape index (κ3) is 0.887. The van der Waals surface area contributed by atoms with Gasteiger partial charge in [0.25, 0.3) is 0 Å². The Balaban J connectivity index is 2.88. The van der Waals surface area contributed by atoms with Gasteiger partial charge in [0.2, 0.25) is 0 Å². The summed E-state index contributed by atoms with van der Waals surface area (Å²) in [4.78, 5) is 18.2. The van der Waals surface area contributed by atoms with Gasteiger partial charge in [0.1, 0.15) is 17.0 Å². The van der Waals surface area contributed by atoms with Crippen LogP contribution in [0.2, 0.25) is 5.02 Å². The summed E-state index contributed by atoms with van der Waals surface area (Å²) in [7, 11) is 0. The van der Waals surface area contributed by atoms with Crippen LogP contribution in [0.3, 0.4) is 0 Å². The first-order chi connectivity index (χ1) is 5.83. The highest BCUT2D eigenvalue weighted by molar-refractivity contribution is 6.33. The molecule has 0 fully saturated rings. The lowest BCUT2D eigenvalue weighted by Crippen LogP contribution is -1.91. The third-order valence-corrected chi connectivity index (χ3v) is 1.80. The van der Waals surface area contributed by atoms with Gasteiger partial charge in [0.15, 0.2) is 11.9 Å². The summed E-state index contributed by atoms with van der Waals surface area (Å²) in [5, 5.41) is 0.436. The summed E-state index contributed by atoms with van der Waals surface area (Å²) in [6.07, 6.45) is 5.14. The lowest BCUT2D eigenvalue weighted by molar-refractivity contribution is 0.111. The highest BCUT2D eigenvalue weighted by Crippen LogP contribution is 2.14. The van der Waals surface area contributed by atoms with Crippen LogP contribution < -0.4 is 0 Å². The van der Waals surface area contributed by atoms with Crippen molar-refractivity contribution in [3.8, 4) is 0 Å². The number of hydrogen-bond donors (Lipinski definition) is 0. The van der Waals surface area contributed by atoms with Gasteiger partial charge in [-0.05, 0) is 0 Å². The van der Waals surface area contributed by atoms with Gasteiger partial charge in [-0.2, -0.15) is 0 Å². The molecule has 0 saturated heterocycles. The standard InChI is InChI=1S/C7H4ClN3O/c8-6-2-9-4-11-5(3-12)1-10-7(6)11/h1-4H. The Kier molecular flexibility index (Phi) is 1.55. The predicted molar refractivity (Wildman–Crippen MR) is 43.4 cm³/mol. The van der Waals surface area contributed by atoms with Crippen LogP contribution >= 0.6 is 11.6 Å². The molecule has 5 heteroatoms. The molecule has 0 unspecified atom stereocenters. The molecule has 2 rings (SSSR count). The summed E-state index contributed by atoms with van der Waals surface area (Å²) in [5.74, 6) is 0. The molecule has 0 bridgehead atoms. The van der Waals surface area contributed by atoms with Crippen LogP contribution in [0.1, 0.15) is 10.5 Å². The second-order valence-corrected chi connectivity index (χ2v) is 2.64. The minimum Gasteiger partial charge on any atom is -0.296 e. The molecule has 0 spiro atoms.